The van der Waals surface area contributed by atoms with Crippen LogP contribution in [-0.4, -0.2) is 34.0 Å². The molecule has 0 aromatic rings. The van der Waals surface area contributed by atoms with E-state index in [0.29, 0.717) is 0 Å². The second-order valence-corrected chi connectivity index (χ2v) is 0. The molecule has 0 saturated heterocycles. The van der Waals surface area contributed by atoms with Crippen molar-refractivity contribution in [1.82, 2.24) is 0 Å². The van der Waals surface area contributed by atoms with Gasteiger partial charge in [-0.15, -0.1) is 0 Å². The van der Waals surface area contributed by atoms with Crippen molar-refractivity contribution in [2.24, 2.45) is 0 Å². The summed E-state index contributed by atoms with van der Waals surface area (Å²) in [6, 6.07) is 0. The first-order chi connectivity index (χ1) is 0. The van der Waals surface area contributed by atoms with Gasteiger partial charge in [0.25, 0.3) is 0 Å². The molecule has 0 amide bonds. The van der Waals surface area contributed by atoms with Gasteiger partial charge in [-0.2, -0.15) is 0 Å². The zero-order chi connectivity index (χ0) is 0. The van der Waals surface area contributed by atoms with Crippen molar-refractivity contribution < 1.29 is 45.7 Å². The van der Waals surface area contributed by atoms with Crippen LogP contribution in [0.15, 0.2) is 0 Å². The molecule has 0 aliphatic carbocycles. The summed E-state index contributed by atoms with van der Waals surface area (Å²) in [6.07, 6.45) is 0. The SMILES string of the molecule is [Mg].[Si].[Zn].[Zr]. The Bertz CT molecular complexity index is 8.00. The van der Waals surface area contributed by atoms with E-state index in [9.17, 15) is 0 Å². The fourth-order valence-electron chi connectivity index (χ4n) is 0. The maximum Gasteiger partial charge on any atom is 0 e. The monoisotopic (exact) mass is 206 g/mol. The Morgan fingerprint density at radius 3 is 1.00 bits per heavy atom. The molecular formula is MgSiZnZr. The minimum atomic E-state index is 0. The molecule has 0 heterocycles. The van der Waals surface area contributed by atoms with E-state index < -0.39 is 0 Å². The first-order valence-electron chi connectivity index (χ1n) is 0. The van der Waals surface area contributed by atoms with E-state index in [-0.39, 0.29) is 79.7 Å². The van der Waals surface area contributed by atoms with Crippen molar-refractivity contribution in [2.75, 3.05) is 0 Å². The van der Waals surface area contributed by atoms with Gasteiger partial charge in [0.2, 0.25) is 0 Å². The molecule has 0 fully saturated rings. The fourth-order valence-corrected chi connectivity index (χ4v) is 0. The van der Waals surface area contributed by atoms with Gasteiger partial charge in [-0.25, -0.2) is 0 Å². The first-order valence-corrected chi connectivity index (χ1v) is 0. The normalized spacial score (nSPS) is 0. The molecule has 0 nitrogen and oxygen atoms in total. The maximum atomic E-state index is 0. The molecule has 0 saturated carbocycles. The molecule has 12 valence electrons. The van der Waals surface area contributed by atoms with Crippen molar-refractivity contribution in [1.29, 1.82) is 0 Å². The van der Waals surface area contributed by atoms with Crippen LogP contribution in [-0.2, 0) is 45.7 Å². The van der Waals surface area contributed by atoms with Crippen molar-refractivity contribution in [2.45, 2.75) is 0 Å². The Morgan fingerprint density at radius 1 is 1.00 bits per heavy atom. The van der Waals surface area contributed by atoms with Crippen LogP contribution in [0.5, 0.6) is 0 Å². The second-order valence-electron chi connectivity index (χ2n) is 0. The predicted molar refractivity (Wildman–Crippen MR) is 11.5 cm³/mol. The predicted octanol–water partition coefficient (Wildman–Crippen LogP) is -0.767. The minimum Gasteiger partial charge on any atom is 0 e. The van der Waals surface area contributed by atoms with E-state index in [1.54, 1.807) is 0 Å². The van der Waals surface area contributed by atoms with E-state index >= 15 is 0 Å². The first kappa shape index (κ1) is 31.6. The van der Waals surface area contributed by atoms with Crippen molar-refractivity contribution >= 4 is 34.0 Å². The molecule has 0 aliphatic rings. The second kappa shape index (κ2) is 17.9. The summed E-state index contributed by atoms with van der Waals surface area (Å²) in [6.45, 7) is 0. The van der Waals surface area contributed by atoms with Crippen LogP contribution in [0.1, 0.15) is 0 Å². The van der Waals surface area contributed by atoms with E-state index in [0.717, 1.165) is 0 Å². The van der Waals surface area contributed by atoms with Gasteiger partial charge >= 0.3 is 0 Å². The van der Waals surface area contributed by atoms with Crippen LogP contribution in [0.25, 0.3) is 0 Å². The smallest absolute Gasteiger partial charge is 0 e. The van der Waals surface area contributed by atoms with Gasteiger partial charge < -0.3 is 0 Å². The Labute approximate surface area is 78.5 Å². The average molecular weight is 209 g/mol. The summed E-state index contributed by atoms with van der Waals surface area (Å²) in [5, 5.41) is 0. The maximum absolute atomic E-state index is 0. The molecule has 0 spiro atoms. The molecular weight excluding hydrogens is 209 g/mol. The Hall–Kier alpha value is 2.49. The van der Waals surface area contributed by atoms with Crippen molar-refractivity contribution in [3.05, 3.63) is 0 Å². The fraction of sp³-hybridized carbons (Fsp3) is 0. The molecule has 0 rings (SSSR count). The van der Waals surface area contributed by atoms with Gasteiger partial charge in [0.15, 0.2) is 0 Å². The van der Waals surface area contributed by atoms with Gasteiger partial charge in [0, 0.05) is 79.7 Å². The van der Waals surface area contributed by atoms with Crippen LogP contribution in [0.2, 0.25) is 0 Å². The summed E-state index contributed by atoms with van der Waals surface area (Å²) < 4.78 is 0. The molecule has 0 aliphatic heterocycles. The van der Waals surface area contributed by atoms with Gasteiger partial charge in [0.05, 0.1) is 0 Å². The topological polar surface area (TPSA) is 0 Å². The van der Waals surface area contributed by atoms with E-state index in [4.69, 9.17) is 0 Å². The average Bonchev–Trinajstić information content (AvgIpc) is 0. The molecule has 0 atom stereocenters. The Kier molecular flexibility index (Phi) is 141. The van der Waals surface area contributed by atoms with Crippen LogP contribution in [0, 0.1) is 0 Å². The van der Waals surface area contributed by atoms with Gasteiger partial charge in [0.1, 0.15) is 0 Å². The summed E-state index contributed by atoms with van der Waals surface area (Å²) in [4.78, 5) is 0. The van der Waals surface area contributed by atoms with Crippen LogP contribution in [0.3, 0.4) is 0 Å². The summed E-state index contributed by atoms with van der Waals surface area (Å²) in [5.41, 5.74) is 0. The molecule has 6 radical (unpaired) electrons. The quantitative estimate of drug-likeness (QED) is 0.460. The molecule has 0 aromatic carbocycles. The van der Waals surface area contributed by atoms with Crippen LogP contribution < -0.4 is 0 Å². The minimum absolute atomic E-state index is 0. The van der Waals surface area contributed by atoms with Crippen molar-refractivity contribution in [3.8, 4) is 0 Å². The molecule has 0 aromatic heterocycles. The third-order valence-corrected chi connectivity index (χ3v) is 0. The third kappa shape index (κ3) is 8.82. The largest absolute Gasteiger partial charge is 0 e. The van der Waals surface area contributed by atoms with Gasteiger partial charge in [-0.1, -0.05) is 0 Å². The van der Waals surface area contributed by atoms with E-state index in [1.807, 2.05) is 0 Å². The standard InChI is InChI=1S/Mg.Si.Zn.Zr. The molecule has 4 heavy (non-hydrogen) atoms. The summed E-state index contributed by atoms with van der Waals surface area (Å²) >= 11 is 0. The van der Waals surface area contributed by atoms with Gasteiger partial charge in [-0.3, -0.25) is 0 Å². The number of hydrogen-bond donors (Lipinski definition) is 0. The molecule has 4 heteroatoms. The Morgan fingerprint density at radius 2 is 1.00 bits per heavy atom. The number of rotatable bonds is 0. The molecule has 0 N–H and O–H groups in total. The zero-order valence-electron chi connectivity index (χ0n) is 2.41. The molecule has 0 bridgehead atoms. The Balaban J connectivity index is 0. The summed E-state index contributed by atoms with van der Waals surface area (Å²) in [5.74, 6) is 0. The molecule has 0 unspecified atom stereocenters. The zero-order valence-corrected chi connectivity index (χ0v) is 10.3. The summed E-state index contributed by atoms with van der Waals surface area (Å²) in [7, 11) is 0. The van der Waals surface area contributed by atoms with Crippen LogP contribution >= 0.6 is 0 Å². The van der Waals surface area contributed by atoms with E-state index in [2.05, 4.69) is 0 Å². The number of hydrogen-bond acceptors (Lipinski definition) is 0. The van der Waals surface area contributed by atoms with E-state index in [1.165, 1.54) is 0 Å². The van der Waals surface area contributed by atoms with Gasteiger partial charge in [-0.05, 0) is 0 Å². The third-order valence-electron chi connectivity index (χ3n) is 0. The van der Waals surface area contributed by atoms with Crippen LogP contribution in [0.4, 0.5) is 0 Å². The van der Waals surface area contributed by atoms with Crippen molar-refractivity contribution in [3.63, 3.8) is 0 Å².